The Labute approximate surface area is 118 Å². The molecule has 1 aromatic carbocycles. The van der Waals surface area contributed by atoms with E-state index in [2.05, 4.69) is 12.0 Å². The minimum absolute atomic E-state index is 0.626. The summed E-state index contributed by atoms with van der Waals surface area (Å²) in [6.07, 6.45) is 3.75. The van der Waals surface area contributed by atoms with E-state index >= 15 is 0 Å². The molecule has 1 atom stereocenters. The van der Waals surface area contributed by atoms with E-state index in [-0.39, 0.29) is 0 Å². The predicted octanol–water partition coefficient (Wildman–Crippen LogP) is 2.39. The van der Waals surface area contributed by atoms with Crippen LogP contribution >= 0.6 is 0 Å². The third kappa shape index (κ3) is 2.93. The standard InChI is InChI=1S/C15H20N2O3/c1-4-7-17-10-11(9-16-17)15(18)13-8-12(19-2)5-6-14(13)20-3/h5-6,8-10,15,18H,4,7H2,1-3H3. The van der Waals surface area contributed by atoms with Gasteiger partial charge in [-0.1, -0.05) is 6.92 Å². The van der Waals surface area contributed by atoms with Crippen LogP contribution in [0, 0.1) is 0 Å². The number of aliphatic hydroxyl groups is 1. The number of methoxy groups -OCH3 is 2. The van der Waals surface area contributed by atoms with Crippen molar-refractivity contribution in [3.8, 4) is 11.5 Å². The van der Waals surface area contributed by atoms with Crippen LogP contribution < -0.4 is 9.47 Å². The van der Waals surface area contributed by atoms with E-state index < -0.39 is 6.10 Å². The summed E-state index contributed by atoms with van der Waals surface area (Å²) in [5.41, 5.74) is 1.41. The van der Waals surface area contributed by atoms with E-state index in [1.165, 1.54) is 0 Å². The van der Waals surface area contributed by atoms with Crippen molar-refractivity contribution in [1.29, 1.82) is 0 Å². The van der Waals surface area contributed by atoms with Crippen molar-refractivity contribution >= 4 is 0 Å². The zero-order valence-corrected chi connectivity index (χ0v) is 12.0. The van der Waals surface area contributed by atoms with Crippen molar-refractivity contribution in [3.05, 3.63) is 41.7 Å². The summed E-state index contributed by atoms with van der Waals surface area (Å²) >= 11 is 0. The molecule has 0 saturated heterocycles. The fraction of sp³-hybridized carbons (Fsp3) is 0.400. The Bertz CT molecular complexity index is 566. The lowest BCUT2D eigenvalue weighted by atomic mass is 10.0. The number of hydrogen-bond donors (Lipinski definition) is 1. The SMILES string of the molecule is CCCn1cc(C(O)c2cc(OC)ccc2OC)cn1. The molecule has 0 amide bonds. The van der Waals surface area contributed by atoms with Crippen molar-refractivity contribution in [3.63, 3.8) is 0 Å². The molecule has 0 fully saturated rings. The lowest BCUT2D eigenvalue weighted by Gasteiger charge is -2.14. The Kier molecular flexibility index (Phi) is 4.63. The fourth-order valence-corrected chi connectivity index (χ4v) is 2.10. The molecule has 108 valence electrons. The number of ether oxygens (including phenoxy) is 2. The molecule has 0 aliphatic heterocycles. The molecular formula is C15H20N2O3. The van der Waals surface area contributed by atoms with Crippen molar-refractivity contribution in [2.75, 3.05) is 14.2 Å². The largest absolute Gasteiger partial charge is 0.497 e. The van der Waals surface area contributed by atoms with Crippen LogP contribution in [0.15, 0.2) is 30.6 Å². The average molecular weight is 276 g/mol. The van der Waals surface area contributed by atoms with Gasteiger partial charge in [0.05, 0.1) is 20.4 Å². The quantitative estimate of drug-likeness (QED) is 0.880. The lowest BCUT2D eigenvalue weighted by Crippen LogP contribution is -2.02. The zero-order valence-electron chi connectivity index (χ0n) is 12.0. The van der Waals surface area contributed by atoms with Crippen LogP contribution in [-0.4, -0.2) is 29.1 Å². The van der Waals surface area contributed by atoms with Gasteiger partial charge in [-0.3, -0.25) is 4.68 Å². The smallest absolute Gasteiger partial charge is 0.125 e. The van der Waals surface area contributed by atoms with Gasteiger partial charge in [-0.25, -0.2) is 0 Å². The normalized spacial score (nSPS) is 12.2. The maximum Gasteiger partial charge on any atom is 0.125 e. The van der Waals surface area contributed by atoms with Crippen LogP contribution in [0.2, 0.25) is 0 Å². The van der Waals surface area contributed by atoms with Crippen molar-refractivity contribution in [2.45, 2.75) is 26.0 Å². The topological polar surface area (TPSA) is 56.5 Å². The molecule has 5 nitrogen and oxygen atoms in total. The van der Waals surface area contributed by atoms with Gasteiger partial charge in [0.15, 0.2) is 0 Å². The minimum atomic E-state index is -0.786. The number of hydrogen-bond acceptors (Lipinski definition) is 4. The summed E-state index contributed by atoms with van der Waals surface area (Å²) in [6, 6.07) is 5.37. The first kappa shape index (κ1) is 14.4. The zero-order chi connectivity index (χ0) is 14.5. The highest BCUT2D eigenvalue weighted by molar-refractivity contribution is 5.44. The summed E-state index contributed by atoms with van der Waals surface area (Å²) in [7, 11) is 3.18. The van der Waals surface area contributed by atoms with E-state index in [1.807, 2.05) is 10.9 Å². The maximum absolute atomic E-state index is 10.5. The monoisotopic (exact) mass is 276 g/mol. The van der Waals surface area contributed by atoms with Gasteiger partial charge in [-0.05, 0) is 24.6 Å². The lowest BCUT2D eigenvalue weighted by molar-refractivity contribution is 0.214. The van der Waals surface area contributed by atoms with Crippen molar-refractivity contribution < 1.29 is 14.6 Å². The van der Waals surface area contributed by atoms with Gasteiger partial charge in [0.1, 0.15) is 17.6 Å². The first-order valence-electron chi connectivity index (χ1n) is 6.62. The maximum atomic E-state index is 10.5. The number of nitrogens with zero attached hydrogens (tertiary/aromatic N) is 2. The molecule has 0 aliphatic carbocycles. The number of aromatic nitrogens is 2. The predicted molar refractivity (Wildman–Crippen MR) is 76.1 cm³/mol. The molecule has 0 saturated carbocycles. The molecule has 0 radical (unpaired) electrons. The van der Waals surface area contributed by atoms with E-state index in [9.17, 15) is 5.11 Å². The number of aryl methyl sites for hydroxylation is 1. The summed E-state index contributed by atoms with van der Waals surface area (Å²) in [5.74, 6) is 1.31. The summed E-state index contributed by atoms with van der Waals surface area (Å²) in [6.45, 7) is 2.92. The van der Waals surface area contributed by atoms with Crippen molar-refractivity contribution in [1.82, 2.24) is 9.78 Å². The molecule has 1 aromatic heterocycles. The first-order chi connectivity index (χ1) is 9.69. The van der Waals surface area contributed by atoms with Crippen molar-refractivity contribution in [2.24, 2.45) is 0 Å². The molecule has 0 spiro atoms. The Morgan fingerprint density at radius 3 is 2.75 bits per heavy atom. The van der Waals surface area contributed by atoms with Crippen LogP contribution in [0.25, 0.3) is 0 Å². The Balaban J connectivity index is 2.32. The molecule has 0 aliphatic rings. The molecular weight excluding hydrogens is 256 g/mol. The van der Waals surface area contributed by atoms with E-state index in [1.54, 1.807) is 38.6 Å². The summed E-state index contributed by atoms with van der Waals surface area (Å²) in [5, 5.41) is 14.8. The van der Waals surface area contributed by atoms with Gasteiger partial charge in [-0.15, -0.1) is 0 Å². The average Bonchev–Trinajstić information content (AvgIpc) is 2.94. The fourth-order valence-electron chi connectivity index (χ4n) is 2.10. The molecule has 20 heavy (non-hydrogen) atoms. The van der Waals surface area contributed by atoms with Gasteiger partial charge < -0.3 is 14.6 Å². The second kappa shape index (κ2) is 6.43. The Hall–Kier alpha value is -2.01. The number of rotatable bonds is 6. The first-order valence-corrected chi connectivity index (χ1v) is 6.62. The van der Waals surface area contributed by atoms with Crippen LogP contribution in [0.1, 0.15) is 30.6 Å². The molecule has 2 aromatic rings. The second-order valence-electron chi connectivity index (χ2n) is 4.55. The van der Waals surface area contributed by atoms with E-state index in [0.717, 1.165) is 18.5 Å². The number of benzene rings is 1. The summed E-state index contributed by atoms with van der Waals surface area (Å²) in [4.78, 5) is 0. The van der Waals surface area contributed by atoms with Gasteiger partial charge in [0.2, 0.25) is 0 Å². The second-order valence-corrected chi connectivity index (χ2v) is 4.55. The Morgan fingerprint density at radius 2 is 2.10 bits per heavy atom. The van der Waals surface area contributed by atoms with Gasteiger partial charge in [-0.2, -0.15) is 5.10 Å². The molecule has 1 heterocycles. The van der Waals surface area contributed by atoms with E-state index in [0.29, 0.717) is 17.1 Å². The third-order valence-corrected chi connectivity index (χ3v) is 3.15. The molecule has 0 bridgehead atoms. The molecule has 1 unspecified atom stereocenters. The highest BCUT2D eigenvalue weighted by Gasteiger charge is 2.18. The van der Waals surface area contributed by atoms with Crippen LogP contribution in [0.3, 0.4) is 0 Å². The van der Waals surface area contributed by atoms with Gasteiger partial charge >= 0.3 is 0 Å². The van der Waals surface area contributed by atoms with Gasteiger partial charge in [0, 0.05) is 23.9 Å². The highest BCUT2D eigenvalue weighted by Crippen LogP contribution is 2.32. The minimum Gasteiger partial charge on any atom is -0.497 e. The Morgan fingerprint density at radius 1 is 1.30 bits per heavy atom. The number of aliphatic hydroxyl groups excluding tert-OH is 1. The van der Waals surface area contributed by atoms with Crippen LogP contribution in [0.5, 0.6) is 11.5 Å². The highest BCUT2D eigenvalue weighted by atomic mass is 16.5. The molecule has 2 rings (SSSR count). The van der Waals surface area contributed by atoms with Crippen LogP contribution in [0.4, 0.5) is 0 Å². The molecule has 5 heteroatoms. The molecule has 1 N–H and O–H groups in total. The third-order valence-electron chi connectivity index (χ3n) is 3.15. The van der Waals surface area contributed by atoms with E-state index in [4.69, 9.17) is 9.47 Å². The summed E-state index contributed by atoms with van der Waals surface area (Å²) < 4.78 is 12.3. The van der Waals surface area contributed by atoms with Gasteiger partial charge in [0.25, 0.3) is 0 Å². The van der Waals surface area contributed by atoms with Crippen LogP contribution in [-0.2, 0) is 6.54 Å².